The Labute approximate surface area is 99.8 Å². The fourth-order valence-corrected chi connectivity index (χ4v) is 2.23. The van der Waals surface area contributed by atoms with E-state index in [2.05, 4.69) is 0 Å². The summed E-state index contributed by atoms with van der Waals surface area (Å²) in [5.41, 5.74) is 6.09. The molecule has 0 aromatic heterocycles. The van der Waals surface area contributed by atoms with Crippen LogP contribution in [0.3, 0.4) is 0 Å². The van der Waals surface area contributed by atoms with Crippen molar-refractivity contribution in [3.63, 3.8) is 0 Å². The van der Waals surface area contributed by atoms with Crippen molar-refractivity contribution in [2.75, 3.05) is 13.2 Å². The van der Waals surface area contributed by atoms with E-state index in [1.54, 1.807) is 0 Å². The average molecular weight is 241 g/mol. The van der Waals surface area contributed by atoms with E-state index in [4.69, 9.17) is 10.5 Å². The van der Waals surface area contributed by atoms with E-state index in [0.717, 1.165) is 19.4 Å². The molecule has 1 aromatic carbocycles. The van der Waals surface area contributed by atoms with Gasteiger partial charge in [-0.05, 0) is 37.3 Å². The zero-order valence-electron chi connectivity index (χ0n) is 9.66. The highest BCUT2D eigenvalue weighted by Gasteiger charge is 2.23. The van der Waals surface area contributed by atoms with Gasteiger partial charge in [-0.2, -0.15) is 0 Å². The lowest BCUT2D eigenvalue weighted by molar-refractivity contribution is 0.0448. The quantitative estimate of drug-likeness (QED) is 0.881. The number of benzene rings is 1. The summed E-state index contributed by atoms with van der Waals surface area (Å²) in [5.74, 6) is -0.836. The van der Waals surface area contributed by atoms with E-state index in [9.17, 15) is 8.78 Å². The predicted octanol–water partition coefficient (Wildman–Crippen LogP) is 2.26. The van der Waals surface area contributed by atoms with Gasteiger partial charge in [-0.3, -0.25) is 0 Å². The third-order valence-corrected chi connectivity index (χ3v) is 3.30. The minimum absolute atomic E-state index is 0.0885. The first-order chi connectivity index (χ1) is 8.18. The lowest BCUT2D eigenvalue weighted by Gasteiger charge is -2.27. The Kier molecular flexibility index (Phi) is 4.07. The highest BCUT2D eigenvalue weighted by Crippen LogP contribution is 2.21. The molecule has 2 rings (SSSR count). The highest BCUT2D eigenvalue weighted by molar-refractivity contribution is 5.20. The summed E-state index contributed by atoms with van der Waals surface area (Å²) < 4.78 is 32.2. The van der Waals surface area contributed by atoms with Crippen molar-refractivity contribution in [3.8, 4) is 0 Å². The molecule has 17 heavy (non-hydrogen) atoms. The van der Waals surface area contributed by atoms with E-state index >= 15 is 0 Å². The van der Waals surface area contributed by atoms with Crippen molar-refractivity contribution in [3.05, 3.63) is 35.4 Å². The monoisotopic (exact) mass is 241 g/mol. The third-order valence-electron chi connectivity index (χ3n) is 3.30. The van der Waals surface area contributed by atoms with Crippen LogP contribution in [0.15, 0.2) is 18.2 Å². The topological polar surface area (TPSA) is 35.2 Å². The Morgan fingerprint density at radius 2 is 2.06 bits per heavy atom. The number of halogens is 2. The van der Waals surface area contributed by atoms with Gasteiger partial charge in [0.1, 0.15) is 11.6 Å². The van der Waals surface area contributed by atoms with Crippen molar-refractivity contribution < 1.29 is 13.5 Å². The zero-order chi connectivity index (χ0) is 12.3. The third kappa shape index (κ3) is 3.01. The molecule has 2 atom stereocenters. The Bertz CT molecular complexity index is 357. The Morgan fingerprint density at radius 1 is 1.35 bits per heavy atom. The van der Waals surface area contributed by atoms with E-state index < -0.39 is 11.6 Å². The standard InChI is InChI=1S/C13H17F2NO/c14-11-4-1-5-12(15)10(11)7-13(16)9-3-2-6-17-8-9/h1,4-5,9,13H,2-3,6-8,16H2. The molecule has 0 amide bonds. The molecule has 94 valence electrons. The van der Waals surface area contributed by atoms with Crippen molar-refractivity contribution in [1.29, 1.82) is 0 Å². The Balaban J connectivity index is 2.04. The van der Waals surface area contributed by atoms with E-state index in [1.165, 1.54) is 18.2 Å². The summed E-state index contributed by atoms with van der Waals surface area (Å²) in [6.45, 7) is 1.36. The average Bonchev–Trinajstić information content (AvgIpc) is 2.35. The molecule has 1 aromatic rings. The summed E-state index contributed by atoms with van der Waals surface area (Å²) in [6, 6.07) is 3.65. The van der Waals surface area contributed by atoms with Gasteiger partial charge in [-0.15, -0.1) is 0 Å². The van der Waals surface area contributed by atoms with Crippen molar-refractivity contribution in [2.24, 2.45) is 11.7 Å². The molecule has 0 bridgehead atoms. The molecule has 2 nitrogen and oxygen atoms in total. The second-order valence-corrected chi connectivity index (χ2v) is 4.55. The summed E-state index contributed by atoms with van der Waals surface area (Å²) in [5, 5.41) is 0. The first-order valence-corrected chi connectivity index (χ1v) is 5.94. The van der Waals surface area contributed by atoms with Crippen LogP contribution < -0.4 is 5.73 Å². The van der Waals surface area contributed by atoms with Crippen molar-refractivity contribution in [1.82, 2.24) is 0 Å². The van der Waals surface area contributed by atoms with Crippen LogP contribution in [0.1, 0.15) is 18.4 Å². The van der Waals surface area contributed by atoms with Crippen LogP contribution in [0.4, 0.5) is 8.78 Å². The van der Waals surface area contributed by atoms with Crippen LogP contribution >= 0.6 is 0 Å². The lowest BCUT2D eigenvalue weighted by Crippen LogP contribution is -2.37. The first kappa shape index (κ1) is 12.5. The van der Waals surface area contributed by atoms with E-state index in [0.29, 0.717) is 6.61 Å². The summed E-state index contributed by atoms with van der Waals surface area (Å²) in [6.07, 6.45) is 2.17. The Morgan fingerprint density at radius 3 is 2.65 bits per heavy atom. The van der Waals surface area contributed by atoms with Crippen molar-refractivity contribution in [2.45, 2.75) is 25.3 Å². The predicted molar refractivity (Wildman–Crippen MR) is 61.6 cm³/mol. The molecule has 1 saturated heterocycles. The second-order valence-electron chi connectivity index (χ2n) is 4.55. The second kappa shape index (κ2) is 5.56. The summed E-state index contributed by atoms with van der Waals surface area (Å²) in [4.78, 5) is 0. The maximum Gasteiger partial charge on any atom is 0.129 e. The van der Waals surface area contributed by atoms with Crippen LogP contribution in [0.25, 0.3) is 0 Å². The minimum atomic E-state index is -0.517. The van der Waals surface area contributed by atoms with Crippen LogP contribution in [0.5, 0.6) is 0 Å². The molecule has 4 heteroatoms. The number of nitrogens with two attached hydrogens (primary N) is 1. The summed E-state index contributed by atoms with van der Waals surface area (Å²) >= 11 is 0. The molecule has 1 heterocycles. The largest absolute Gasteiger partial charge is 0.381 e. The van der Waals surface area contributed by atoms with Gasteiger partial charge in [0.15, 0.2) is 0 Å². The fraction of sp³-hybridized carbons (Fsp3) is 0.538. The van der Waals surface area contributed by atoms with Gasteiger partial charge in [0.2, 0.25) is 0 Å². The van der Waals surface area contributed by atoms with E-state index in [-0.39, 0.29) is 23.9 Å². The van der Waals surface area contributed by atoms with Gasteiger partial charge < -0.3 is 10.5 Å². The molecule has 2 N–H and O–H groups in total. The highest BCUT2D eigenvalue weighted by atomic mass is 19.1. The SMILES string of the molecule is NC(Cc1c(F)cccc1F)C1CCCOC1. The molecule has 1 aliphatic heterocycles. The van der Waals surface area contributed by atoms with Crippen LogP contribution in [-0.2, 0) is 11.2 Å². The minimum Gasteiger partial charge on any atom is -0.381 e. The molecule has 0 radical (unpaired) electrons. The summed E-state index contributed by atoms with van der Waals surface area (Å²) in [7, 11) is 0. The molecule has 0 spiro atoms. The first-order valence-electron chi connectivity index (χ1n) is 5.94. The molecular formula is C13H17F2NO. The molecule has 1 fully saturated rings. The van der Waals surface area contributed by atoms with Gasteiger partial charge in [-0.1, -0.05) is 6.07 Å². The molecular weight excluding hydrogens is 224 g/mol. The van der Waals surface area contributed by atoms with Gasteiger partial charge in [0, 0.05) is 18.2 Å². The number of hydrogen-bond donors (Lipinski definition) is 1. The number of ether oxygens (including phenoxy) is 1. The normalized spacial score (nSPS) is 22.4. The fourth-order valence-electron chi connectivity index (χ4n) is 2.23. The maximum absolute atomic E-state index is 13.5. The van der Waals surface area contributed by atoms with Crippen LogP contribution in [0, 0.1) is 17.6 Å². The number of rotatable bonds is 3. The lowest BCUT2D eigenvalue weighted by atomic mass is 9.90. The Hall–Kier alpha value is -1.00. The smallest absolute Gasteiger partial charge is 0.129 e. The van der Waals surface area contributed by atoms with E-state index in [1.807, 2.05) is 0 Å². The zero-order valence-corrected chi connectivity index (χ0v) is 9.66. The molecule has 0 aliphatic carbocycles. The van der Waals surface area contributed by atoms with Gasteiger partial charge in [-0.25, -0.2) is 8.78 Å². The van der Waals surface area contributed by atoms with Crippen molar-refractivity contribution >= 4 is 0 Å². The van der Waals surface area contributed by atoms with Crippen LogP contribution in [0.2, 0.25) is 0 Å². The van der Waals surface area contributed by atoms with Gasteiger partial charge in [0.25, 0.3) is 0 Å². The molecule has 1 aliphatic rings. The van der Waals surface area contributed by atoms with Gasteiger partial charge >= 0.3 is 0 Å². The maximum atomic E-state index is 13.5. The molecule has 2 unspecified atom stereocenters. The van der Waals surface area contributed by atoms with Crippen LogP contribution in [-0.4, -0.2) is 19.3 Å². The molecule has 0 saturated carbocycles. The van der Waals surface area contributed by atoms with Gasteiger partial charge in [0.05, 0.1) is 6.61 Å². The number of hydrogen-bond acceptors (Lipinski definition) is 2.